The highest BCUT2D eigenvalue weighted by Gasteiger charge is 2.39. The number of piperidine rings is 2. The lowest BCUT2D eigenvalue weighted by Gasteiger charge is -2.35. The summed E-state index contributed by atoms with van der Waals surface area (Å²) in [5.74, 6) is -0.115. The summed E-state index contributed by atoms with van der Waals surface area (Å²) in [5, 5.41) is 2.34. The Bertz CT molecular complexity index is 1080. The highest BCUT2D eigenvalue weighted by Crippen LogP contribution is 2.30. The number of imidazole rings is 1. The van der Waals surface area contributed by atoms with Crippen molar-refractivity contribution in [3.8, 4) is 5.75 Å². The van der Waals surface area contributed by atoms with E-state index in [-0.39, 0.29) is 18.2 Å². The summed E-state index contributed by atoms with van der Waals surface area (Å²) in [6.45, 7) is 4.81. The number of aromatic amines is 1. The maximum Gasteiger partial charge on any atom is 0.255 e. The summed E-state index contributed by atoms with van der Waals surface area (Å²) < 4.78 is 6.18. The third-order valence-electron chi connectivity index (χ3n) is 6.97. The van der Waals surface area contributed by atoms with Crippen molar-refractivity contribution in [2.24, 2.45) is 0 Å². The van der Waals surface area contributed by atoms with E-state index in [4.69, 9.17) is 4.74 Å². The van der Waals surface area contributed by atoms with Crippen LogP contribution in [0, 0.1) is 6.92 Å². The first-order valence-corrected chi connectivity index (χ1v) is 11.6. The molecule has 174 valence electrons. The monoisotopic (exact) mass is 451 g/mol. The van der Waals surface area contributed by atoms with E-state index in [1.165, 1.54) is 12.8 Å². The number of hydrogen-bond donors (Lipinski definition) is 2. The fourth-order valence-corrected chi connectivity index (χ4v) is 5.03. The summed E-state index contributed by atoms with van der Waals surface area (Å²) >= 11 is 0. The number of H-pyrrole nitrogens is 1. The molecular weight excluding hydrogens is 422 g/mol. The summed E-state index contributed by atoms with van der Waals surface area (Å²) in [5.41, 5.74) is 3.63. The number of aromatic nitrogens is 2. The van der Waals surface area contributed by atoms with Crippen molar-refractivity contribution in [1.82, 2.24) is 25.1 Å². The molecule has 2 N–H and O–H groups in total. The van der Waals surface area contributed by atoms with Gasteiger partial charge in [0, 0.05) is 36.8 Å². The Balaban J connectivity index is 1.23. The van der Waals surface area contributed by atoms with E-state index in [9.17, 15) is 14.4 Å². The molecule has 9 nitrogen and oxygen atoms in total. The van der Waals surface area contributed by atoms with Crippen LogP contribution >= 0.6 is 0 Å². The molecule has 2 atom stereocenters. The second-order valence-electron chi connectivity index (χ2n) is 9.12. The standard InChI is InChI=1S/C24H29N5O4/c1-15-20(26-14-25-15)12-28-9-3-2-4-17(28)13-33-18-5-6-19-16(10-18)11-29(24(19)32)21-7-8-22(30)27-23(21)31/h5-6,10,14,17,21H,2-4,7-9,11-13H2,1H3,(H,25,26)(H,27,30,31)/t17-,21?/m1/s1. The van der Waals surface area contributed by atoms with Crippen molar-refractivity contribution in [3.05, 3.63) is 47.0 Å². The molecule has 2 aromatic rings. The molecule has 2 saturated heterocycles. The Labute approximate surface area is 192 Å². The number of carbonyl (C=O) groups is 3. The largest absolute Gasteiger partial charge is 0.492 e. The number of benzene rings is 1. The van der Waals surface area contributed by atoms with Crippen LogP contribution in [0.1, 0.15) is 59.4 Å². The minimum absolute atomic E-state index is 0.168. The highest BCUT2D eigenvalue weighted by molar-refractivity contribution is 6.05. The Morgan fingerprint density at radius 1 is 1.18 bits per heavy atom. The number of amides is 3. The van der Waals surface area contributed by atoms with E-state index in [0.717, 1.165) is 42.2 Å². The molecule has 3 aliphatic rings. The molecule has 0 aliphatic carbocycles. The SMILES string of the molecule is Cc1[nH]cnc1CN1CCCC[C@@H]1COc1ccc2c(c1)CN(C1CCC(=O)NC1=O)C2=O. The van der Waals surface area contributed by atoms with E-state index in [1.54, 1.807) is 17.3 Å². The van der Waals surface area contributed by atoms with Crippen molar-refractivity contribution < 1.29 is 19.1 Å². The Hall–Kier alpha value is -3.20. The van der Waals surface area contributed by atoms with Crippen LogP contribution in [0.15, 0.2) is 24.5 Å². The van der Waals surface area contributed by atoms with Crippen LogP contribution in [0.3, 0.4) is 0 Å². The van der Waals surface area contributed by atoms with Crippen molar-refractivity contribution in [1.29, 1.82) is 0 Å². The van der Waals surface area contributed by atoms with Gasteiger partial charge in [-0.1, -0.05) is 6.42 Å². The van der Waals surface area contributed by atoms with Gasteiger partial charge in [0.25, 0.3) is 5.91 Å². The first kappa shape index (κ1) is 21.6. The van der Waals surface area contributed by atoms with Gasteiger partial charge in [0.05, 0.1) is 12.0 Å². The molecule has 1 aromatic heterocycles. The lowest BCUT2D eigenvalue weighted by molar-refractivity contribution is -0.136. The van der Waals surface area contributed by atoms with Gasteiger partial charge in [0.1, 0.15) is 18.4 Å². The van der Waals surface area contributed by atoms with E-state index in [1.807, 2.05) is 19.1 Å². The predicted octanol–water partition coefficient (Wildman–Crippen LogP) is 1.91. The van der Waals surface area contributed by atoms with Gasteiger partial charge < -0.3 is 14.6 Å². The number of ether oxygens (including phenoxy) is 1. The van der Waals surface area contributed by atoms with Gasteiger partial charge in [-0.15, -0.1) is 0 Å². The lowest BCUT2D eigenvalue weighted by atomic mass is 10.0. The normalized spacial score (nSPS) is 23.5. The average Bonchev–Trinajstić information content (AvgIpc) is 3.35. The second kappa shape index (κ2) is 8.97. The average molecular weight is 452 g/mol. The maximum atomic E-state index is 12.9. The second-order valence-corrected chi connectivity index (χ2v) is 9.12. The molecule has 4 heterocycles. The van der Waals surface area contributed by atoms with E-state index in [0.29, 0.717) is 31.2 Å². The minimum atomic E-state index is -0.603. The summed E-state index contributed by atoms with van der Waals surface area (Å²) in [4.78, 5) is 48.1. The molecule has 1 unspecified atom stereocenters. The maximum absolute atomic E-state index is 12.9. The number of carbonyl (C=O) groups excluding carboxylic acids is 3. The zero-order chi connectivity index (χ0) is 22.9. The van der Waals surface area contributed by atoms with E-state index >= 15 is 0 Å². The quantitative estimate of drug-likeness (QED) is 0.650. The van der Waals surface area contributed by atoms with Crippen LogP contribution < -0.4 is 10.1 Å². The Morgan fingerprint density at radius 2 is 2.06 bits per heavy atom. The van der Waals surface area contributed by atoms with Crippen molar-refractivity contribution in [3.63, 3.8) is 0 Å². The molecular formula is C24H29N5O4. The van der Waals surface area contributed by atoms with Gasteiger partial charge >= 0.3 is 0 Å². The first-order chi connectivity index (χ1) is 16.0. The lowest BCUT2D eigenvalue weighted by Crippen LogP contribution is -2.52. The number of fused-ring (bicyclic) bond motifs is 1. The van der Waals surface area contributed by atoms with E-state index in [2.05, 4.69) is 20.2 Å². The number of aryl methyl sites for hydroxylation is 1. The van der Waals surface area contributed by atoms with Gasteiger partial charge in [-0.05, 0) is 56.5 Å². The van der Waals surface area contributed by atoms with Crippen LogP contribution in [0.2, 0.25) is 0 Å². The summed E-state index contributed by atoms with van der Waals surface area (Å²) in [6.07, 6.45) is 5.79. The highest BCUT2D eigenvalue weighted by atomic mass is 16.5. The molecule has 0 bridgehead atoms. The zero-order valence-electron chi connectivity index (χ0n) is 18.8. The number of rotatable bonds is 6. The van der Waals surface area contributed by atoms with Crippen LogP contribution in [0.5, 0.6) is 5.75 Å². The molecule has 2 fully saturated rings. The van der Waals surface area contributed by atoms with Gasteiger partial charge in [0.2, 0.25) is 11.8 Å². The van der Waals surface area contributed by atoms with Crippen LogP contribution in [-0.4, -0.2) is 62.7 Å². The number of hydrogen-bond acceptors (Lipinski definition) is 6. The zero-order valence-corrected chi connectivity index (χ0v) is 18.8. The van der Waals surface area contributed by atoms with Crippen LogP contribution in [-0.2, 0) is 22.7 Å². The van der Waals surface area contributed by atoms with Gasteiger partial charge in [-0.3, -0.25) is 24.6 Å². The molecule has 0 spiro atoms. The molecule has 33 heavy (non-hydrogen) atoms. The molecule has 5 rings (SSSR count). The molecule has 3 amide bonds. The van der Waals surface area contributed by atoms with Crippen LogP contribution in [0.25, 0.3) is 0 Å². The fourth-order valence-electron chi connectivity index (χ4n) is 5.03. The van der Waals surface area contributed by atoms with Crippen molar-refractivity contribution in [2.45, 2.75) is 64.2 Å². The number of nitrogens with one attached hydrogen (secondary N) is 2. The first-order valence-electron chi connectivity index (χ1n) is 11.6. The number of nitrogens with zero attached hydrogens (tertiary/aromatic N) is 3. The molecule has 1 aromatic carbocycles. The Morgan fingerprint density at radius 3 is 2.85 bits per heavy atom. The molecule has 3 aliphatic heterocycles. The van der Waals surface area contributed by atoms with Crippen molar-refractivity contribution in [2.75, 3.05) is 13.2 Å². The molecule has 9 heteroatoms. The number of imide groups is 1. The van der Waals surface area contributed by atoms with Gasteiger partial charge in [-0.25, -0.2) is 4.98 Å². The molecule has 0 radical (unpaired) electrons. The van der Waals surface area contributed by atoms with Crippen LogP contribution in [0.4, 0.5) is 0 Å². The van der Waals surface area contributed by atoms with E-state index < -0.39 is 11.9 Å². The van der Waals surface area contributed by atoms with Gasteiger partial charge in [0.15, 0.2) is 0 Å². The Kier molecular flexibility index (Phi) is 5.88. The molecule has 0 saturated carbocycles. The summed E-state index contributed by atoms with van der Waals surface area (Å²) in [6, 6.07) is 5.22. The third kappa shape index (κ3) is 4.37. The van der Waals surface area contributed by atoms with Crippen molar-refractivity contribution >= 4 is 17.7 Å². The minimum Gasteiger partial charge on any atom is -0.492 e. The fraction of sp³-hybridized carbons (Fsp3) is 0.500. The predicted molar refractivity (Wildman–Crippen MR) is 119 cm³/mol. The smallest absolute Gasteiger partial charge is 0.255 e. The summed E-state index contributed by atoms with van der Waals surface area (Å²) in [7, 11) is 0. The topological polar surface area (TPSA) is 108 Å². The number of likely N-dealkylation sites (tertiary alicyclic amines) is 1. The van der Waals surface area contributed by atoms with Gasteiger partial charge in [-0.2, -0.15) is 0 Å². The third-order valence-corrected chi connectivity index (χ3v) is 6.97.